The highest BCUT2D eigenvalue weighted by Crippen LogP contribution is 2.19. The van der Waals surface area contributed by atoms with Crippen molar-refractivity contribution in [2.45, 2.75) is 18.7 Å². The molecule has 25 heavy (non-hydrogen) atoms. The first kappa shape index (κ1) is 18.9. The van der Waals surface area contributed by atoms with Gasteiger partial charge in [0.15, 0.2) is 0 Å². The van der Waals surface area contributed by atoms with Gasteiger partial charge in [-0.1, -0.05) is 17.7 Å². The number of rotatable bonds is 8. The lowest BCUT2D eigenvalue weighted by molar-refractivity contribution is -0.384. The van der Waals surface area contributed by atoms with Crippen molar-refractivity contribution in [3.63, 3.8) is 0 Å². The molecule has 0 aliphatic rings. The van der Waals surface area contributed by atoms with Crippen molar-refractivity contribution < 1.29 is 17.5 Å². The maximum absolute atomic E-state index is 12.2. The number of likely N-dealkylation sites (N-methyl/N-ethyl adjacent to an activating group) is 1. The van der Waals surface area contributed by atoms with E-state index in [1.165, 1.54) is 24.3 Å². The van der Waals surface area contributed by atoms with E-state index in [1.807, 2.05) is 18.7 Å². The number of anilines is 1. The molecule has 134 valence electrons. The topological polar surface area (TPSA) is 89.8 Å². The molecule has 2 aromatic rings. The van der Waals surface area contributed by atoms with Crippen LogP contribution in [0.3, 0.4) is 0 Å². The van der Waals surface area contributed by atoms with Crippen LogP contribution in [0.5, 0.6) is 0 Å². The van der Waals surface area contributed by atoms with Crippen LogP contribution in [0.2, 0.25) is 0 Å². The molecule has 0 unspecified atom stereocenters. The summed E-state index contributed by atoms with van der Waals surface area (Å²) in [6, 6.07) is 12.6. The summed E-state index contributed by atoms with van der Waals surface area (Å²) in [6.45, 7) is 4.74. The molecule has 2 aromatic carbocycles. The zero-order valence-corrected chi connectivity index (χ0v) is 14.9. The molecule has 0 fully saturated rings. The van der Waals surface area contributed by atoms with Gasteiger partial charge in [-0.25, -0.2) is 0 Å². The fourth-order valence-electron chi connectivity index (χ4n) is 2.29. The summed E-state index contributed by atoms with van der Waals surface area (Å²) in [7, 11) is -3.80. The molecule has 0 aliphatic heterocycles. The first-order valence-corrected chi connectivity index (χ1v) is 9.20. The van der Waals surface area contributed by atoms with Gasteiger partial charge in [-0.05, 0) is 38.1 Å². The number of hydrogen-bond donors (Lipinski definition) is 0. The van der Waals surface area contributed by atoms with E-state index in [0.29, 0.717) is 13.1 Å². The minimum Gasteiger partial charge on any atom is -0.369 e. The van der Waals surface area contributed by atoms with E-state index in [4.69, 9.17) is 4.18 Å². The summed E-state index contributed by atoms with van der Waals surface area (Å²) in [5.41, 5.74) is 1.75. The molecular formula is C17H20N2O5S. The van der Waals surface area contributed by atoms with Gasteiger partial charge in [-0.15, -0.1) is 0 Å². The summed E-state index contributed by atoms with van der Waals surface area (Å²) in [6.07, 6.45) is 0. The molecule has 0 atom stereocenters. The summed E-state index contributed by atoms with van der Waals surface area (Å²) in [4.78, 5) is 12.2. The van der Waals surface area contributed by atoms with Gasteiger partial charge in [0, 0.05) is 30.9 Å². The number of nitro groups is 1. The molecule has 7 nitrogen and oxygen atoms in total. The molecule has 0 heterocycles. The second kappa shape index (κ2) is 8.09. The van der Waals surface area contributed by atoms with E-state index in [9.17, 15) is 18.5 Å². The zero-order valence-electron chi connectivity index (χ0n) is 14.1. The van der Waals surface area contributed by atoms with Gasteiger partial charge in [0.05, 0.1) is 16.4 Å². The Bertz CT molecular complexity index is 817. The number of hydrogen-bond acceptors (Lipinski definition) is 6. The van der Waals surface area contributed by atoms with Crippen LogP contribution in [0.15, 0.2) is 53.4 Å². The van der Waals surface area contributed by atoms with Crippen LogP contribution in [0.1, 0.15) is 12.5 Å². The molecule has 0 amide bonds. The minimum absolute atomic E-state index is 0.0120. The number of benzene rings is 2. The smallest absolute Gasteiger partial charge is 0.297 e. The molecule has 0 saturated carbocycles. The summed E-state index contributed by atoms with van der Waals surface area (Å²) in [5, 5.41) is 10.7. The molecule has 0 radical (unpaired) electrons. The fraction of sp³-hybridized carbons (Fsp3) is 0.294. The van der Waals surface area contributed by atoms with Gasteiger partial charge >= 0.3 is 0 Å². The number of nitrogens with zero attached hydrogens (tertiary/aromatic N) is 2. The molecule has 0 N–H and O–H groups in total. The second-order valence-corrected chi connectivity index (χ2v) is 7.06. The molecule has 0 aliphatic carbocycles. The molecular weight excluding hydrogens is 344 g/mol. The van der Waals surface area contributed by atoms with Crippen molar-refractivity contribution >= 4 is 21.5 Å². The van der Waals surface area contributed by atoms with E-state index in [-0.39, 0.29) is 17.2 Å². The van der Waals surface area contributed by atoms with Crippen LogP contribution >= 0.6 is 0 Å². The third kappa shape index (κ3) is 5.01. The van der Waals surface area contributed by atoms with Crippen molar-refractivity contribution in [1.29, 1.82) is 0 Å². The Morgan fingerprint density at radius 3 is 2.20 bits per heavy atom. The predicted molar refractivity (Wildman–Crippen MR) is 95.3 cm³/mol. The van der Waals surface area contributed by atoms with Crippen molar-refractivity contribution in [2.75, 3.05) is 24.6 Å². The third-order valence-electron chi connectivity index (χ3n) is 3.72. The van der Waals surface area contributed by atoms with Crippen LogP contribution in [-0.2, 0) is 14.3 Å². The zero-order chi connectivity index (χ0) is 18.4. The summed E-state index contributed by atoms with van der Waals surface area (Å²) in [5.74, 6) is 0. The van der Waals surface area contributed by atoms with Crippen LogP contribution in [0.4, 0.5) is 11.4 Å². The van der Waals surface area contributed by atoms with E-state index >= 15 is 0 Å². The van der Waals surface area contributed by atoms with Crippen molar-refractivity contribution in [2.24, 2.45) is 0 Å². The first-order valence-electron chi connectivity index (χ1n) is 7.79. The number of nitro benzene ring substituents is 1. The average Bonchev–Trinajstić information content (AvgIpc) is 2.59. The van der Waals surface area contributed by atoms with Gasteiger partial charge in [0.25, 0.3) is 15.8 Å². The molecule has 0 bridgehead atoms. The number of aryl methyl sites for hydroxylation is 1. The SMILES string of the molecule is CCN(CCOS(=O)(=O)c1ccc(C)cc1)c1ccc([N+](=O)[O-])cc1. The standard InChI is InChI=1S/C17H20N2O5S/c1-3-18(15-6-8-16(9-7-15)19(20)21)12-13-24-25(22,23)17-10-4-14(2)5-11-17/h4-11H,3,12-13H2,1-2H3. The summed E-state index contributed by atoms with van der Waals surface area (Å²) < 4.78 is 29.4. The minimum atomic E-state index is -3.80. The largest absolute Gasteiger partial charge is 0.369 e. The Morgan fingerprint density at radius 2 is 1.68 bits per heavy atom. The monoisotopic (exact) mass is 364 g/mol. The van der Waals surface area contributed by atoms with Crippen LogP contribution in [0, 0.1) is 17.0 Å². The van der Waals surface area contributed by atoms with Crippen molar-refractivity contribution in [3.05, 3.63) is 64.2 Å². The lowest BCUT2D eigenvalue weighted by Gasteiger charge is -2.22. The fourth-order valence-corrected chi connectivity index (χ4v) is 3.18. The van der Waals surface area contributed by atoms with Crippen molar-refractivity contribution in [1.82, 2.24) is 0 Å². The van der Waals surface area contributed by atoms with E-state index in [2.05, 4.69) is 0 Å². The Morgan fingerprint density at radius 1 is 1.08 bits per heavy atom. The Balaban J connectivity index is 1.98. The van der Waals surface area contributed by atoms with Gasteiger partial charge in [-0.2, -0.15) is 8.42 Å². The first-order chi connectivity index (χ1) is 11.8. The Labute approximate surface area is 147 Å². The second-order valence-electron chi connectivity index (χ2n) is 5.44. The molecule has 0 spiro atoms. The maximum Gasteiger partial charge on any atom is 0.297 e. The van der Waals surface area contributed by atoms with Crippen molar-refractivity contribution in [3.8, 4) is 0 Å². The normalized spacial score (nSPS) is 11.3. The highest BCUT2D eigenvalue weighted by atomic mass is 32.2. The highest BCUT2D eigenvalue weighted by molar-refractivity contribution is 7.86. The Kier molecular flexibility index (Phi) is 6.11. The maximum atomic E-state index is 12.2. The van der Waals surface area contributed by atoms with Crippen LogP contribution < -0.4 is 4.90 Å². The van der Waals surface area contributed by atoms with Gasteiger partial charge in [-0.3, -0.25) is 14.3 Å². The van der Waals surface area contributed by atoms with Gasteiger partial charge in [0.2, 0.25) is 0 Å². The van der Waals surface area contributed by atoms with E-state index in [1.54, 1.807) is 24.3 Å². The molecule has 0 saturated heterocycles. The van der Waals surface area contributed by atoms with E-state index in [0.717, 1.165) is 11.3 Å². The quantitative estimate of drug-likeness (QED) is 0.406. The molecule has 0 aromatic heterocycles. The molecule has 8 heteroatoms. The number of non-ortho nitro benzene ring substituents is 1. The average molecular weight is 364 g/mol. The van der Waals surface area contributed by atoms with Crippen LogP contribution in [-0.4, -0.2) is 33.0 Å². The summed E-state index contributed by atoms with van der Waals surface area (Å²) >= 11 is 0. The lowest BCUT2D eigenvalue weighted by Crippen LogP contribution is -2.28. The lowest BCUT2D eigenvalue weighted by atomic mass is 10.2. The molecule has 2 rings (SSSR count). The predicted octanol–water partition coefficient (Wildman–Crippen LogP) is 3.14. The third-order valence-corrected chi connectivity index (χ3v) is 5.04. The Hall–Kier alpha value is -2.45. The van der Waals surface area contributed by atoms with Crippen LogP contribution in [0.25, 0.3) is 0 Å². The van der Waals surface area contributed by atoms with Gasteiger partial charge in [0.1, 0.15) is 0 Å². The van der Waals surface area contributed by atoms with Gasteiger partial charge < -0.3 is 4.90 Å². The highest BCUT2D eigenvalue weighted by Gasteiger charge is 2.16. The van der Waals surface area contributed by atoms with E-state index < -0.39 is 15.0 Å².